The maximum atomic E-state index is 11.4. The second kappa shape index (κ2) is 6.73. The maximum absolute atomic E-state index is 11.4. The van der Waals surface area contributed by atoms with Crippen molar-refractivity contribution in [2.45, 2.75) is 66.2 Å². The van der Waals surface area contributed by atoms with E-state index in [9.17, 15) is 14.7 Å². The number of carboxylic acid groups (broad SMARTS) is 2. The number of carboxylic acids is 2. The number of rotatable bonds is 5. The van der Waals surface area contributed by atoms with Gasteiger partial charge in [0.15, 0.2) is 0 Å². The molecule has 24 heavy (non-hydrogen) atoms. The van der Waals surface area contributed by atoms with Crippen molar-refractivity contribution in [3.05, 3.63) is 23.3 Å². The Morgan fingerprint density at radius 3 is 2.54 bits per heavy atom. The van der Waals surface area contributed by atoms with Crippen molar-refractivity contribution < 1.29 is 19.8 Å². The van der Waals surface area contributed by atoms with Gasteiger partial charge >= 0.3 is 11.9 Å². The Kier molecular flexibility index (Phi) is 5.26. The Morgan fingerprint density at radius 2 is 1.96 bits per heavy atom. The van der Waals surface area contributed by atoms with E-state index in [4.69, 9.17) is 5.11 Å². The van der Waals surface area contributed by atoms with E-state index < -0.39 is 11.9 Å². The van der Waals surface area contributed by atoms with Gasteiger partial charge < -0.3 is 10.2 Å². The predicted molar refractivity (Wildman–Crippen MR) is 93.7 cm³/mol. The zero-order chi connectivity index (χ0) is 18.1. The van der Waals surface area contributed by atoms with Crippen LogP contribution in [-0.2, 0) is 9.59 Å². The fraction of sp³-hybridized carbons (Fsp3) is 0.700. The molecule has 0 unspecified atom stereocenters. The molecule has 0 bridgehead atoms. The molecule has 2 N–H and O–H groups in total. The predicted octanol–water partition coefficient (Wildman–Crippen LogP) is 4.66. The quantitative estimate of drug-likeness (QED) is 0.566. The van der Waals surface area contributed by atoms with E-state index in [2.05, 4.69) is 33.8 Å². The molecule has 0 heterocycles. The third kappa shape index (κ3) is 3.28. The first-order chi connectivity index (χ1) is 11.1. The Balaban J connectivity index is 2.27. The molecule has 0 aromatic carbocycles. The van der Waals surface area contributed by atoms with Gasteiger partial charge in [-0.2, -0.15) is 0 Å². The molecule has 0 aliphatic heterocycles. The van der Waals surface area contributed by atoms with Crippen LogP contribution in [0.4, 0.5) is 0 Å². The van der Waals surface area contributed by atoms with Gasteiger partial charge in [-0.05, 0) is 68.1 Å². The van der Waals surface area contributed by atoms with Gasteiger partial charge in [0.1, 0.15) is 0 Å². The number of fused-ring (bicyclic) bond motifs is 1. The molecule has 1 saturated carbocycles. The number of aliphatic carboxylic acids is 2. The number of allylic oxidation sites excluding steroid dienone is 2. The number of hydrogen-bond acceptors (Lipinski definition) is 2. The average Bonchev–Trinajstić information content (AvgIpc) is 2.50. The Morgan fingerprint density at radius 1 is 1.29 bits per heavy atom. The van der Waals surface area contributed by atoms with E-state index in [1.807, 2.05) is 0 Å². The molecule has 2 rings (SSSR count). The second-order valence-corrected chi connectivity index (χ2v) is 8.19. The van der Waals surface area contributed by atoms with Crippen LogP contribution in [0.5, 0.6) is 0 Å². The van der Waals surface area contributed by atoms with Crippen LogP contribution in [-0.4, -0.2) is 22.2 Å². The monoisotopic (exact) mass is 334 g/mol. The zero-order valence-electron chi connectivity index (χ0n) is 15.3. The molecule has 4 atom stereocenters. The highest BCUT2D eigenvalue weighted by atomic mass is 16.4. The molecule has 1 fully saturated rings. The van der Waals surface area contributed by atoms with E-state index in [1.54, 1.807) is 0 Å². The van der Waals surface area contributed by atoms with E-state index in [-0.39, 0.29) is 16.4 Å². The summed E-state index contributed by atoms with van der Waals surface area (Å²) in [5.41, 5.74) is 1.71. The van der Waals surface area contributed by atoms with Crippen LogP contribution in [0.2, 0.25) is 0 Å². The molecule has 0 amide bonds. The number of hydrogen-bond donors (Lipinski definition) is 2. The summed E-state index contributed by atoms with van der Waals surface area (Å²) in [6.45, 7) is 9.15. The fourth-order valence-corrected chi connectivity index (χ4v) is 5.13. The molecule has 2 aliphatic rings. The van der Waals surface area contributed by atoms with E-state index in [0.717, 1.165) is 31.8 Å². The molecule has 0 radical (unpaired) electrons. The third-order valence-corrected chi connectivity index (χ3v) is 7.10. The van der Waals surface area contributed by atoms with Crippen LogP contribution in [0, 0.1) is 22.7 Å². The van der Waals surface area contributed by atoms with Gasteiger partial charge in [0.25, 0.3) is 0 Å². The average molecular weight is 334 g/mol. The first-order valence-corrected chi connectivity index (χ1v) is 8.95. The van der Waals surface area contributed by atoms with Gasteiger partial charge in [0.2, 0.25) is 0 Å². The lowest BCUT2D eigenvalue weighted by Gasteiger charge is -2.58. The summed E-state index contributed by atoms with van der Waals surface area (Å²) in [6, 6.07) is 0. The minimum absolute atomic E-state index is 0.00581. The summed E-state index contributed by atoms with van der Waals surface area (Å²) in [4.78, 5) is 22.2. The van der Waals surface area contributed by atoms with Crippen LogP contribution in [0.25, 0.3) is 0 Å². The highest BCUT2D eigenvalue weighted by Crippen LogP contribution is 2.61. The summed E-state index contributed by atoms with van der Waals surface area (Å²) < 4.78 is 0. The smallest absolute Gasteiger partial charge is 0.331 e. The van der Waals surface area contributed by atoms with Gasteiger partial charge in [-0.15, -0.1) is 0 Å². The largest absolute Gasteiger partial charge is 0.478 e. The van der Waals surface area contributed by atoms with Crippen molar-refractivity contribution >= 4 is 11.9 Å². The maximum Gasteiger partial charge on any atom is 0.331 e. The van der Waals surface area contributed by atoms with Gasteiger partial charge in [-0.25, -0.2) is 9.59 Å². The van der Waals surface area contributed by atoms with Gasteiger partial charge in [-0.1, -0.05) is 32.4 Å². The Bertz CT molecular complexity index is 588. The summed E-state index contributed by atoms with van der Waals surface area (Å²) in [6.07, 6.45) is 8.81. The molecular formula is C20H30O4. The summed E-state index contributed by atoms with van der Waals surface area (Å²) in [5.74, 6) is -1.26. The first-order valence-electron chi connectivity index (χ1n) is 8.95. The van der Waals surface area contributed by atoms with E-state index in [0.29, 0.717) is 18.3 Å². The van der Waals surface area contributed by atoms with Crippen molar-refractivity contribution in [3.63, 3.8) is 0 Å². The van der Waals surface area contributed by atoms with Crippen LogP contribution in [0.15, 0.2) is 23.3 Å². The van der Waals surface area contributed by atoms with Crippen molar-refractivity contribution in [3.8, 4) is 0 Å². The normalized spacial score (nSPS) is 36.7. The Hall–Kier alpha value is -1.58. The van der Waals surface area contributed by atoms with Crippen molar-refractivity contribution in [1.29, 1.82) is 0 Å². The molecule has 0 saturated heterocycles. The van der Waals surface area contributed by atoms with Gasteiger partial charge in [0, 0.05) is 11.6 Å². The van der Waals surface area contributed by atoms with Crippen LogP contribution >= 0.6 is 0 Å². The molecule has 2 aliphatic carbocycles. The summed E-state index contributed by atoms with van der Waals surface area (Å²) in [7, 11) is 0. The minimum Gasteiger partial charge on any atom is -0.478 e. The summed E-state index contributed by atoms with van der Waals surface area (Å²) >= 11 is 0. The van der Waals surface area contributed by atoms with Crippen LogP contribution in [0.1, 0.15) is 66.2 Å². The minimum atomic E-state index is -1.18. The highest BCUT2D eigenvalue weighted by Gasteiger charge is 2.52. The first kappa shape index (κ1) is 18.8. The summed E-state index contributed by atoms with van der Waals surface area (Å²) in [5, 5.41) is 18.2. The van der Waals surface area contributed by atoms with Crippen LogP contribution < -0.4 is 0 Å². The van der Waals surface area contributed by atoms with Gasteiger partial charge in [0.05, 0.1) is 0 Å². The molecule has 134 valence electrons. The highest BCUT2D eigenvalue weighted by molar-refractivity contribution is 5.94. The lowest BCUT2D eigenvalue weighted by Crippen LogP contribution is -2.49. The molecule has 4 nitrogen and oxygen atoms in total. The lowest BCUT2D eigenvalue weighted by molar-refractivity contribution is -0.135. The number of carbonyl (C=O) groups is 2. The molecular weight excluding hydrogens is 304 g/mol. The molecule has 0 aromatic rings. The second-order valence-electron chi connectivity index (χ2n) is 8.19. The molecule has 0 aromatic heterocycles. The van der Waals surface area contributed by atoms with E-state index >= 15 is 0 Å². The van der Waals surface area contributed by atoms with E-state index in [1.165, 1.54) is 12.0 Å². The third-order valence-electron chi connectivity index (χ3n) is 7.10. The van der Waals surface area contributed by atoms with Crippen molar-refractivity contribution in [1.82, 2.24) is 0 Å². The zero-order valence-corrected chi connectivity index (χ0v) is 15.3. The molecule has 0 spiro atoms. The topological polar surface area (TPSA) is 74.6 Å². The van der Waals surface area contributed by atoms with Crippen LogP contribution in [0.3, 0.4) is 0 Å². The van der Waals surface area contributed by atoms with Crippen molar-refractivity contribution in [2.75, 3.05) is 0 Å². The lowest BCUT2D eigenvalue weighted by atomic mass is 9.47. The Labute approximate surface area is 144 Å². The SMILES string of the molecule is CC1=CCC[C@H]2[C@@](C)(CC/C(=C\C(=O)O)C(=O)O)[C@H](C)CC[C@@]12C. The standard InChI is InChI=1S/C20H30O4/c1-13-6-5-7-16-19(13,3)10-8-14(2)20(16,4)11-9-15(18(23)24)12-17(21)22/h6,12,14,16H,5,7-11H2,1-4H3,(H,21,22)(H,23,24)/b15-12+/t14-,16-,19+,20+/m1/s1. The molecule has 4 heteroatoms. The van der Waals surface area contributed by atoms with Crippen molar-refractivity contribution in [2.24, 2.45) is 22.7 Å². The van der Waals surface area contributed by atoms with Gasteiger partial charge in [-0.3, -0.25) is 0 Å². The fourth-order valence-electron chi connectivity index (χ4n) is 5.13.